The molecule has 2 aromatic carbocycles. The van der Waals surface area contributed by atoms with Gasteiger partial charge in [0.1, 0.15) is 6.61 Å². The van der Waals surface area contributed by atoms with Crippen LogP contribution in [0.15, 0.2) is 54.6 Å². The lowest BCUT2D eigenvalue weighted by atomic mass is 10.2. The highest BCUT2D eigenvalue weighted by Gasteiger charge is 2.31. The van der Waals surface area contributed by atoms with Crippen molar-refractivity contribution < 1.29 is 14.3 Å². The zero-order valence-corrected chi connectivity index (χ0v) is 14.2. The van der Waals surface area contributed by atoms with Crippen LogP contribution < -0.4 is 20.5 Å². The van der Waals surface area contributed by atoms with Crippen LogP contribution in [0.2, 0.25) is 0 Å². The average molecular weight is 340 g/mol. The number of rotatable bonds is 9. The molecular formula is C20H24N2O3. The van der Waals surface area contributed by atoms with Crippen LogP contribution in [0.1, 0.15) is 18.4 Å². The number of carbonyl (C=O) groups excluding carboxylic acids is 1. The quantitative estimate of drug-likeness (QED) is 0.735. The summed E-state index contributed by atoms with van der Waals surface area (Å²) < 4.78 is 11.5. The van der Waals surface area contributed by atoms with Gasteiger partial charge < -0.3 is 20.5 Å². The Kier molecular flexibility index (Phi) is 5.90. The molecule has 25 heavy (non-hydrogen) atoms. The van der Waals surface area contributed by atoms with Gasteiger partial charge in [0, 0.05) is 12.6 Å². The van der Waals surface area contributed by atoms with Crippen molar-refractivity contribution in [2.24, 2.45) is 11.7 Å². The van der Waals surface area contributed by atoms with Crippen molar-refractivity contribution in [1.29, 1.82) is 0 Å². The van der Waals surface area contributed by atoms with Crippen LogP contribution in [-0.2, 0) is 11.4 Å². The SMILES string of the molecule is NCC(NC(=O)COc1ccccc1OCc1ccccc1)C1CC1. The lowest BCUT2D eigenvalue weighted by molar-refractivity contribution is -0.123. The topological polar surface area (TPSA) is 73.6 Å². The highest BCUT2D eigenvalue weighted by atomic mass is 16.5. The minimum absolute atomic E-state index is 0.0467. The van der Waals surface area contributed by atoms with Crippen molar-refractivity contribution in [3.63, 3.8) is 0 Å². The van der Waals surface area contributed by atoms with E-state index in [2.05, 4.69) is 5.32 Å². The van der Waals surface area contributed by atoms with Gasteiger partial charge in [-0.2, -0.15) is 0 Å². The average Bonchev–Trinajstić information content (AvgIpc) is 3.49. The molecule has 0 bridgehead atoms. The van der Waals surface area contributed by atoms with Gasteiger partial charge in [-0.1, -0.05) is 42.5 Å². The molecule has 5 heteroatoms. The minimum Gasteiger partial charge on any atom is -0.485 e. The minimum atomic E-state index is -0.153. The molecule has 0 heterocycles. The number of hydrogen-bond donors (Lipinski definition) is 2. The summed E-state index contributed by atoms with van der Waals surface area (Å²) in [6.45, 7) is 0.868. The van der Waals surface area contributed by atoms with Gasteiger partial charge in [-0.05, 0) is 36.5 Å². The first-order valence-corrected chi connectivity index (χ1v) is 8.64. The smallest absolute Gasteiger partial charge is 0.258 e. The fourth-order valence-corrected chi connectivity index (χ4v) is 2.68. The summed E-state index contributed by atoms with van der Waals surface area (Å²) in [6, 6.07) is 17.3. The molecule has 0 saturated heterocycles. The second-order valence-electron chi connectivity index (χ2n) is 6.26. The fourth-order valence-electron chi connectivity index (χ4n) is 2.68. The summed E-state index contributed by atoms with van der Waals surface area (Å²) in [5, 5.41) is 2.95. The van der Waals surface area contributed by atoms with E-state index in [1.165, 1.54) is 0 Å². The maximum absolute atomic E-state index is 12.1. The summed E-state index contributed by atoms with van der Waals surface area (Å²) >= 11 is 0. The Morgan fingerprint density at radius 1 is 1.04 bits per heavy atom. The van der Waals surface area contributed by atoms with Gasteiger partial charge in [0.2, 0.25) is 0 Å². The molecule has 1 saturated carbocycles. The van der Waals surface area contributed by atoms with Crippen LogP contribution in [0.25, 0.3) is 0 Å². The number of nitrogens with two attached hydrogens (primary N) is 1. The van der Waals surface area contributed by atoms with Gasteiger partial charge in [0.25, 0.3) is 5.91 Å². The molecule has 1 amide bonds. The standard InChI is InChI=1S/C20H24N2O3/c21-12-17(16-10-11-16)22-20(23)14-25-19-9-5-4-8-18(19)24-13-15-6-2-1-3-7-15/h1-9,16-17H,10-14,21H2,(H,22,23). The van der Waals surface area contributed by atoms with Crippen molar-refractivity contribution in [2.75, 3.05) is 13.2 Å². The highest BCUT2D eigenvalue weighted by Crippen LogP contribution is 2.32. The van der Waals surface area contributed by atoms with E-state index in [0.29, 0.717) is 30.6 Å². The van der Waals surface area contributed by atoms with E-state index in [4.69, 9.17) is 15.2 Å². The lowest BCUT2D eigenvalue weighted by Gasteiger charge is -2.17. The molecule has 0 spiro atoms. The number of para-hydroxylation sites is 2. The molecule has 3 N–H and O–H groups in total. The van der Waals surface area contributed by atoms with Gasteiger partial charge in [0.05, 0.1) is 0 Å². The first kappa shape index (κ1) is 17.3. The third kappa shape index (κ3) is 5.22. The normalized spacial score (nSPS) is 14.6. The van der Waals surface area contributed by atoms with Gasteiger partial charge in [-0.3, -0.25) is 4.79 Å². The largest absolute Gasteiger partial charge is 0.485 e. The third-order valence-corrected chi connectivity index (χ3v) is 4.24. The van der Waals surface area contributed by atoms with Gasteiger partial charge in [-0.15, -0.1) is 0 Å². The maximum Gasteiger partial charge on any atom is 0.258 e. The first-order chi connectivity index (χ1) is 12.3. The Labute approximate surface area is 148 Å². The summed E-state index contributed by atoms with van der Waals surface area (Å²) in [5.41, 5.74) is 6.79. The number of nitrogens with one attached hydrogen (secondary N) is 1. The molecule has 1 aliphatic carbocycles. The number of ether oxygens (including phenoxy) is 2. The highest BCUT2D eigenvalue weighted by molar-refractivity contribution is 5.78. The second-order valence-corrected chi connectivity index (χ2v) is 6.26. The van der Waals surface area contributed by atoms with Crippen LogP contribution in [0.4, 0.5) is 0 Å². The van der Waals surface area contributed by atoms with E-state index >= 15 is 0 Å². The number of carbonyl (C=O) groups is 1. The maximum atomic E-state index is 12.1. The zero-order valence-electron chi connectivity index (χ0n) is 14.2. The van der Waals surface area contributed by atoms with Crippen LogP contribution in [0, 0.1) is 5.92 Å². The molecular weight excluding hydrogens is 316 g/mol. The van der Waals surface area contributed by atoms with Crippen LogP contribution >= 0.6 is 0 Å². The predicted octanol–water partition coefficient (Wildman–Crippen LogP) is 2.50. The van der Waals surface area contributed by atoms with E-state index < -0.39 is 0 Å². The molecule has 1 aliphatic rings. The van der Waals surface area contributed by atoms with Crippen molar-refractivity contribution in [1.82, 2.24) is 5.32 Å². The molecule has 1 atom stereocenters. The molecule has 0 radical (unpaired) electrons. The van der Waals surface area contributed by atoms with Gasteiger partial charge >= 0.3 is 0 Å². The van der Waals surface area contributed by atoms with Crippen molar-refractivity contribution in [3.8, 4) is 11.5 Å². The van der Waals surface area contributed by atoms with Crippen molar-refractivity contribution in [2.45, 2.75) is 25.5 Å². The molecule has 1 unspecified atom stereocenters. The number of hydrogen-bond acceptors (Lipinski definition) is 4. The van der Waals surface area contributed by atoms with Gasteiger partial charge in [-0.25, -0.2) is 0 Å². The van der Waals surface area contributed by atoms with Gasteiger partial charge in [0.15, 0.2) is 18.1 Å². The van der Waals surface area contributed by atoms with E-state index in [1.807, 2.05) is 48.5 Å². The monoisotopic (exact) mass is 340 g/mol. The summed E-state index contributed by atoms with van der Waals surface area (Å²) in [6.07, 6.45) is 2.28. The van der Waals surface area contributed by atoms with E-state index in [9.17, 15) is 4.79 Å². The Hall–Kier alpha value is -2.53. The molecule has 3 rings (SSSR count). The second kappa shape index (κ2) is 8.53. The Balaban J connectivity index is 1.52. The summed E-state index contributed by atoms with van der Waals surface area (Å²) in [4.78, 5) is 12.1. The van der Waals surface area contributed by atoms with E-state index in [0.717, 1.165) is 18.4 Å². The van der Waals surface area contributed by atoms with Crippen LogP contribution in [-0.4, -0.2) is 25.1 Å². The van der Waals surface area contributed by atoms with Crippen LogP contribution in [0.5, 0.6) is 11.5 Å². The lowest BCUT2D eigenvalue weighted by Crippen LogP contribution is -2.43. The third-order valence-electron chi connectivity index (χ3n) is 4.24. The van der Waals surface area contributed by atoms with E-state index in [-0.39, 0.29) is 18.6 Å². The molecule has 0 aliphatic heterocycles. The van der Waals surface area contributed by atoms with Crippen molar-refractivity contribution >= 4 is 5.91 Å². The first-order valence-electron chi connectivity index (χ1n) is 8.64. The Morgan fingerprint density at radius 3 is 2.32 bits per heavy atom. The Bertz CT molecular complexity index is 686. The summed E-state index contributed by atoms with van der Waals surface area (Å²) in [5.74, 6) is 1.55. The zero-order chi connectivity index (χ0) is 17.5. The van der Waals surface area contributed by atoms with E-state index in [1.54, 1.807) is 6.07 Å². The number of benzene rings is 2. The summed E-state index contributed by atoms with van der Waals surface area (Å²) in [7, 11) is 0. The number of amides is 1. The Morgan fingerprint density at radius 2 is 1.68 bits per heavy atom. The molecule has 1 fully saturated rings. The fraction of sp³-hybridized carbons (Fsp3) is 0.350. The predicted molar refractivity (Wildman–Crippen MR) is 96.4 cm³/mol. The molecule has 132 valence electrons. The molecule has 2 aromatic rings. The molecule has 0 aromatic heterocycles. The molecule has 5 nitrogen and oxygen atoms in total. The van der Waals surface area contributed by atoms with Crippen molar-refractivity contribution in [3.05, 3.63) is 60.2 Å². The van der Waals surface area contributed by atoms with Crippen LogP contribution in [0.3, 0.4) is 0 Å².